The van der Waals surface area contributed by atoms with Crippen molar-refractivity contribution in [2.45, 2.75) is 13.0 Å². The maximum atomic E-state index is 11.0. The first-order chi connectivity index (χ1) is 6.50. The largest absolute Gasteiger partial charge is 0.423 e. The molecule has 0 bridgehead atoms. The lowest BCUT2D eigenvalue weighted by Gasteiger charge is -2.07. The summed E-state index contributed by atoms with van der Waals surface area (Å²) in [5.41, 5.74) is 0. The zero-order valence-electron chi connectivity index (χ0n) is 7.33. The number of hydrogen-bond acceptors (Lipinski definition) is 3. The molecule has 0 radical (unpaired) electrons. The summed E-state index contributed by atoms with van der Waals surface area (Å²) in [4.78, 5) is 11.0. The fourth-order valence-electron chi connectivity index (χ4n) is 0.752. The minimum atomic E-state index is -1.18. The molecule has 1 rings (SSSR count). The van der Waals surface area contributed by atoms with Gasteiger partial charge in [0.15, 0.2) is 0 Å². The highest BCUT2D eigenvalue weighted by Crippen LogP contribution is 2.27. The third-order valence-electron chi connectivity index (χ3n) is 1.45. The smallest absolute Gasteiger partial charge is 0.340 e. The van der Waals surface area contributed by atoms with Gasteiger partial charge in [-0.15, -0.1) is 0 Å². The summed E-state index contributed by atoms with van der Waals surface area (Å²) in [5, 5.41) is 9.56. The van der Waals surface area contributed by atoms with Crippen molar-refractivity contribution in [1.82, 2.24) is 0 Å². The van der Waals surface area contributed by atoms with Gasteiger partial charge in [0.05, 0.1) is 5.02 Å². The molecule has 0 aliphatic rings. The Morgan fingerprint density at radius 2 is 2.14 bits per heavy atom. The Kier molecular flexibility index (Phi) is 3.75. The van der Waals surface area contributed by atoms with Gasteiger partial charge in [0.1, 0.15) is 11.9 Å². The standard InChI is InChI=1S/C9H8Cl2O3/c1-5(12)9(13)14-8-3-2-6(10)4-7(8)11/h2-5,12H,1H3. The molecule has 5 heteroatoms. The highest BCUT2D eigenvalue weighted by molar-refractivity contribution is 6.35. The van der Waals surface area contributed by atoms with Crippen LogP contribution >= 0.6 is 23.2 Å². The van der Waals surface area contributed by atoms with Crippen LogP contribution in [0.4, 0.5) is 0 Å². The summed E-state index contributed by atoms with van der Waals surface area (Å²) in [6.45, 7) is 1.31. The van der Waals surface area contributed by atoms with Gasteiger partial charge >= 0.3 is 5.97 Å². The van der Waals surface area contributed by atoms with Gasteiger partial charge in [-0.25, -0.2) is 4.79 Å². The summed E-state index contributed by atoms with van der Waals surface area (Å²) < 4.78 is 4.78. The normalized spacial score (nSPS) is 12.3. The first-order valence-corrected chi connectivity index (χ1v) is 4.61. The van der Waals surface area contributed by atoms with E-state index in [-0.39, 0.29) is 10.8 Å². The molecule has 1 atom stereocenters. The van der Waals surface area contributed by atoms with E-state index in [4.69, 9.17) is 33.0 Å². The van der Waals surface area contributed by atoms with Crippen LogP contribution in [0.15, 0.2) is 18.2 Å². The predicted octanol–water partition coefficient (Wildman–Crippen LogP) is 2.28. The van der Waals surface area contributed by atoms with Crippen LogP contribution in [-0.2, 0) is 4.79 Å². The molecule has 0 amide bonds. The number of ether oxygens (including phenoxy) is 1. The Morgan fingerprint density at radius 3 is 2.64 bits per heavy atom. The lowest BCUT2D eigenvalue weighted by Crippen LogP contribution is -2.22. The molecule has 0 spiro atoms. The number of carbonyl (C=O) groups excluding carboxylic acids is 1. The van der Waals surface area contributed by atoms with Crippen LogP contribution in [0.5, 0.6) is 5.75 Å². The number of esters is 1. The molecule has 14 heavy (non-hydrogen) atoms. The number of halogens is 2. The summed E-state index contributed by atoms with van der Waals surface area (Å²) in [7, 11) is 0. The van der Waals surface area contributed by atoms with Gasteiger partial charge in [0.25, 0.3) is 0 Å². The maximum Gasteiger partial charge on any atom is 0.340 e. The number of carbonyl (C=O) groups is 1. The quantitative estimate of drug-likeness (QED) is 0.631. The van der Waals surface area contributed by atoms with Crippen molar-refractivity contribution < 1.29 is 14.6 Å². The Bertz CT molecular complexity index is 350. The van der Waals surface area contributed by atoms with Crippen LogP contribution < -0.4 is 4.74 Å². The van der Waals surface area contributed by atoms with Crippen molar-refractivity contribution in [2.24, 2.45) is 0 Å². The van der Waals surface area contributed by atoms with E-state index in [1.807, 2.05) is 0 Å². The zero-order valence-corrected chi connectivity index (χ0v) is 8.84. The third-order valence-corrected chi connectivity index (χ3v) is 1.98. The van der Waals surface area contributed by atoms with Crippen LogP contribution in [0.25, 0.3) is 0 Å². The van der Waals surface area contributed by atoms with Gasteiger partial charge in [0, 0.05) is 5.02 Å². The minimum Gasteiger partial charge on any atom is -0.423 e. The second-order valence-electron chi connectivity index (χ2n) is 2.67. The van der Waals surface area contributed by atoms with E-state index in [0.717, 1.165) is 0 Å². The molecule has 0 saturated heterocycles. The predicted molar refractivity (Wildman–Crippen MR) is 53.8 cm³/mol. The summed E-state index contributed by atoms with van der Waals surface area (Å²) in [6, 6.07) is 4.46. The molecule has 1 unspecified atom stereocenters. The number of rotatable bonds is 2. The molecule has 1 N–H and O–H groups in total. The second kappa shape index (κ2) is 4.64. The molecule has 0 fully saturated rings. The average molecular weight is 235 g/mol. The average Bonchev–Trinajstić information content (AvgIpc) is 2.09. The Morgan fingerprint density at radius 1 is 1.50 bits per heavy atom. The van der Waals surface area contributed by atoms with Gasteiger partial charge in [0.2, 0.25) is 0 Å². The van der Waals surface area contributed by atoms with E-state index in [0.29, 0.717) is 5.02 Å². The van der Waals surface area contributed by atoms with Gasteiger partial charge in [-0.3, -0.25) is 0 Å². The van der Waals surface area contributed by atoms with Crippen molar-refractivity contribution in [1.29, 1.82) is 0 Å². The molecule has 0 heterocycles. The van der Waals surface area contributed by atoms with E-state index in [1.54, 1.807) is 0 Å². The molecule has 0 aliphatic carbocycles. The van der Waals surface area contributed by atoms with Crippen molar-refractivity contribution in [3.63, 3.8) is 0 Å². The first-order valence-electron chi connectivity index (χ1n) is 3.85. The number of aliphatic hydroxyl groups is 1. The monoisotopic (exact) mass is 234 g/mol. The Balaban J connectivity index is 2.82. The van der Waals surface area contributed by atoms with Gasteiger partial charge < -0.3 is 9.84 Å². The van der Waals surface area contributed by atoms with Crippen LogP contribution in [0.3, 0.4) is 0 Å². The summed E-state index contributed by atoms with van der Waals surface area (Å²) >= 11 is 11.4. The SMILES string of the molecule is CC(O)C(=O)Oc1ccc(Cl)cc1Cl. The van der Waals surface area contributed by atoms with E-state index < -0.39 is 12.1 Å². The molecule has 1 aromatic carbocycles. The second-order valence-corrected chi connectivity index (χ2v) is 3.52. The third kappa shape index (κ3) is 2.87. The van der Waals surface area contributed by atoms with E-state index in [1.165, 1.54) is 25.1 Å². The Labute approximate surface area is 91.2 Å². The lowest BCUT2D eigenvalue weighted by atomic mass is 10.3. The van der Waals surface area contributed by atoms with Crippen molar-refractivity contribution >= 4 is 29.2 Å². The molecule has 76 valence electrons. The first kappa shape index (κ1) is 11.3. The highest BCUT2D eigenvalue weighted by Gasteiger charge is 2.13. The van der Waals surface area contributed by atoms with Crippen molar-refractivity contribution in [3.05, 3.63) is 28.2 Å². The van der Waals surface area contributed by atoms with E-state index in [2.05, 4.69) is 0 Å². The molecule has 0 saturated carbocycles. The minimum absolute atomic E-state index is 0.182. The Hall–Kier alpha value is -0.770. The van der Waals surface area contributed by atoms with Crippen molar-refractivity contribution in [3.8, 4) is 5.75 Å². The van der Waals surface area contributed by atoms with E-state index in [9.17, 15) is 4.79 Å². The molecule has 0 aromatic heterocycles. The maximum absolute atomic E-state index is 11.0. The highest BCUT2D eigenvalue weighted by atomic mass is 35.5. The molecule has 0 aliphatic heterocycles. The zero-order chi connectivity index (χ0) is 10.7. The molecular formula is C9H8Cl2O3. The lowest BCUT2D eigenvalue weighted by molar-refractivity contribution is -0.142. The summed E-state index contributed by atoms with van der Waals surface area (Å²) in [6.07, 6.45) is -1.18. The fraction of sp³-hybridized carbons (Fsp3) is 0.222. The number of benzene rings is 1. The van der Waals surface area contributed by atoms with Crippen molar-refractivity contribution in [2.75, 3.05) is 0 Å². The van der Waals surface area contributed by atoms with Gasteiger partial charge in [-0.05, 0) is 25.1 Å². The van der Waals surface area contributed by atoms with Gasteiger partial charge in [-0.2, -0.15) is 0 Å². The van der Waals surface area contributed by atoms with Crippen LogP contribution in [0.1, 0.15) is 6.92 Å². The summed E-state index contributed by atoms with van der Waals surface area (Å²) in [5.74, 6) is -0.573. The molecule has 3 nitrogen and oxygen atoms in total. The van der Waals surface area contributed by atoms with Crippen LogP contribution in [0, 0.1) is 0 Å². The topological polar surface area (TPSA) is 46.5 Å². The van der Waals surface area contributed by atoms with Crippen LogP contribution in [0.2, 0.25) is 10.0 Å². The van der Waals surface area contributed by atoms with Gasteiger partial charge in [-0.1, -0.05) is 23.2 Å². The number of hydrogen-bond donors (Lipinski definition) is 1. The fourth-order valence-corrected chi connectivity index (χ4v) is 1.20. The van der Waals surface area contributed by atoms with E-state index >= 15 is 0 Å². The number of aliphatic hydroxyl groups excluding tert-OH is 1. The van der Waals surface area contributed by atoms with Crippen LogP contribution in [-0.4, -0.2) is 17.2 Å². The molecule has 1 aromatic rings. The molecular weight excluding hydrogens is 227 g/mol.